The second kappa shape index (κ2) is 11.3. The molecule has 2 aliphatic heterocycles. The first-order chi connectivity index (χ1) is 21.0. The molecule has 43 heavy (non-hydrogen) atoms. The molecule has 0 radical (unpaired) electrons. The molecule has 1 spiro atoms. The Kier molecular flexibility index (Phi) is 7.38. The molecule has 1 saturated carbocycles. The van der Waals surface area contributed by atoms with Gasteiger partial charge in [0.15, 0.2) is 5.79 Å². The van der Waals surface area contributed by atoms with Crippen LogP contribution in [-0.2, 0) is 30.3 Å². The number of nitrogens with zero attached hydrogens (tertiary/aromatic N) is 1. The summed E-state index contributed by atoms with van der Waals surface area (Å²) in [5.74, 6) is -2.09. The summed E-state index contributed by atoms with van der Waals surface area (Å²) in [6.07, 6.45) is 8.39. The lowest BCUT2D eigenvalue weighted by Crippen LogP contribution is -2.37. The van der Waals surface area contributed by atoms with Gasteiger partial charge in [-0.25, -0.2) is 4.39 Å². The Bertz CT molecular complexity index is 1730. The Morgan fingerprint density at radius 2 is 1.84 bits per heavy atom. The number of hydrogen-bond acceptors (Lipinski definition) is 6. The third kappa shape index (κ3) is 4.98. The lowest BCUT2D eigenvalue weighted by Gasteiger charge is -2.32. The number of fused-ring (bicyclic) bond motifs is 2. The van der Waals surface area contributed by atoms with E-state index in [0.717, 1.165) is 36.6 Å². The number of aromatic nitrogens is 2. The molecule has 1 saturated heterocycles. The van der Waals surface area contributed by atoms with Crippen LogP contribution in [0.2, 0.25) is 0 Å². The Morgan fingerprint density at radius 1 is 1.05 bits per heavy atom. The van der Waals surface area contributed by atoms with Crippen molar-refractivity contribution in [3.05, 3.63) is 71.8 Å². The van der Waals surface area contributed by atoms with Crippen LogP contribution in [0.25, 0.3) is 33.0 Å². The smallest absolute Gasteiger partial charge is 0.259 e. The zero-order valence-electron chi connectivity index (χ0n) is 23.7. The second-order valence-electron chi connectivity index (χ2n) is 11.5. The van der Waals surface area contributed by atoms with Crippen molar-refractivity contribution in [3.8, 4) is 0 Å². The molecule has 1 aliphatic carbocycles. The third-order valence-corrected chi connectivity index (χ3v) is 8.90. The van der Waals surface area contributed by atoms with Gasteiger partial charge in [0.1, 0.15) is 11.9 Å². The molecule has 4 heterocycles. The van der Waals surface area contributed by atoms with Gasteiger partial charge < -0.3 is 28.9 Å². The van der Waals surface area contributed by atoms with Crippen LogP contribution in [0.5, 0.6) is 0 Å². The minimum absolute atomic E-state index is 0.0252. The number of ether oxygens (including phenoxy) is 3. The number of imide groups is 1. The molecule has 2 fully saturated rings. The van der Waals surface area contributed by atoms with Crippen LogP contribution in [0, 0.1) is 5.82 Å². The number of carbonyl (C=O) groups excluding carboxylic acids is 2. The Hall–Kier alpha value is -3.83. The van der Waals surface area contributed by atoms with E-state index in [1.54, 1.807) is 18.3 Å². The van der Waals surface area contributed by atoms with E-state index < -0.39 is 23.4 Å². The van der Waals surface area contributed by atoms with Crippen molar-refractivity contribution in [1.29, 1.82) is 0 Å². The molecule has 224 valence electrons. The summed E-state index contributed by atoms with van der Waals surface area (Å²) >= 11 is 0. The molecule has 2 aromatic carbocycles. The molecule has 3 N–H and O–H groups in total. The van der Waals surface area contributed by atoms with Gasteiger partial charge in [0, 0.05) is 71.3 Å². The van der Waals surface area contributed by atoms with Crippen molar-refractivity contribution in [2.45, 2.75) is 63.1 Å². The highest BCUT2D eigenvalue weighted by atomic mass is 19.1. The van der Waals surface area contributed by atoms with Gasteiger partial charge in [0.05, 0.1) is 30.5 Å². The predicted molar refractivity (Wildman–Crippen MR) is 158 cm³/mol. The topological polar surface area (TPSA) is 115 Å². The summed E-state index contributed by atoms with van der Waals surface area (Å²) in [5.41, 5.74) is 2.67. The molecule has 7 rings (SSSR count). The fourth-order valence-electron chi connectivity index (χ4n) is 6.86. The van der Waals surface area contributed by atoms with Crippen molar-refractivity contribution in [1.82, 2.24) is 14.9 Å². The molecule has 4 aromatic rings. The monoisotopic (exact) mass is 587 g/mol. The van der Waals surface area contributed by atoms with Gasteiger partial charge in [0.2, 0.25) is 0 Å². The summed E-state index contributed by atoms with van der Waals surface area (Å²) in [6.45, 7) is 1.21. The van der Waals surface area contributed by atoms with Crippen LogP contribution in [-0.4, -0.2) is 64.3 Å². The number of para-hydroxylation sites is 1. The number of rotatable bonds is 9. The zero-order valence-corrected chi connectivity index (χ0v) is 23.7. The van der Waals surface area contributed by atoms with Crippen molar-refractivity contribution >= 4 is 44.8 Å². The predicted octanol–water partition coefficient (Wildman–Crippen LogP) is 4.67. The number of carbonyl (C=O) groups is 2. The maximum Gasteiger partial charge on any atom is 0.259 e. The molecule has 2 unspecified atom stereocenters. The highest BCUT2D eigenvalue weighted by molar-refractivity contribution is 6.50. The van der Waals surface area contributed by atoms with E-state index in [-0.39, 0.29) is 35.3 Å². The van der Waals surface area contributed by atoms with Crippen molar-refractivity contribution < 1.29 is 33.3 Å². The number of hydrogen-bond donors (Lipinski definition) is 3. The quantitative estimate of drug-likeness (QED) is 0.245. The fourth-order valence-corrected chi connectivity index (χ4v) is 6.86. The van der Waals surface area contributed by atoms with E-state index in [1.807, 2.05) is 35.0 Å². The summed E-state index contributed by atoms with van der Waals surface area (Å²) in [7, 11) is 0. The van der Waals surface area contributed by atoms with E-state index in [1.165, 1.54) is 12.5 Å². The molecule has 0 bridgehead atoms. The first-order valence-electron chi connectivity index (χ1n) is 15.0. The summed E-state index contributed by atoms with van der Waals surface area (Å²) < 4.78 is 35.7. The van der Waals surface area contributed by atoms with Crippen molar-refractivity contribution in [2.75, 3.05) is 19.8 Å². The number of halogens is 1. The van der Waals surface area contributed by atoms with Crippen molar-refractivity contribution in [2.24, 2.45) is 0 Å². The molecule has 2 aromatic heterocycles. The molecular formula is C33H34FN3O6. The highest BCUT2D eigenvalue weighted by Gasteiger charge is 2.45. The van der Waals surface area contributed by atoms with Gasteiger partial charge in [-0.05, 0) is 37.5 Å². The van der Waals surface area contributed by atoms with Crippen LogP contribution >= 0.6 is 0 Å². The van der Waals surface area contributed by atoms with Crippen LogP contribution < -0.4 is 5.32 Å². The van der Waals surface area contributed by atoms with E-state index in [2.05, 4.69) is 10.3 Å². The van der Waals surface area contributed by atoms with Crippen LogP contribution in [0.1, 0.15) is 49.7 Å². The minimum atomic E-state index is -0.564. The molecule has 10 heteroatoms. The van der Waals surface area contributed by atoms with Crippen LogP contribution in [0.4, 0.5) is 4.39 Å². The van der Waals surface area contributed by atoms with Gasteiger partial charge in [-0.1, -0.05) is 30.7 Å². The van der Waals surface area contributed by atoms with E-state index in [0.29, 0.717) is 42.8 Å². The summed E-state index contributed by atoms with van der Waals surface area (Å²) in [6, 6.07) is 12.3. The highest BCUT2D eigenvalue weighted by Crippen LogP contribution is 2.40. The normalized spacial score (nSPS) is 21.0. The average Bonchev–Trinajstić information content (AvgIpc) is 3.77. The standard InChI is InChI=1S/C33H34FN3O6/c34-23-8-6-9-24-28(23)21(17-35-24)29-30(32(40)36-31(29)39)22-18-37(25-10-3-2-7-20(22)25)14-16-41-26(11-15-38)27-19-42-33(43-27)12-4-1-5-13-33/h2-3,6-10,17-18,26-27,35,38H,1,4-5,11-16,19H2,(H,36,39,40). The lowest BCUT2D eigenvalue weighted by molar-refractivity contribution is -0.199. The van der Waals surface area contributed by atoms with E-state index in [4.69, 9.17) is 14.2 Å². The minimum Gasteiger partial charge on any atom is -0.396 e. The van der Waals surface area contributed by atoms with Gasteiger partial charge in [-0.3, -0.25) is 14.9 Å². The van der Waals surface area contributed by atoms with Gasteiger partial charge in [0.25, 0.3) is 11.8 Å². The van der Waals surface area contributed by atoms with Crippen molar-refractivity contribution in [3.63, 3.8) is 0 Å². The molecular weight excluding hydrogens is 553 g/mol. The lowest BCUT2D eigenvalue weighted by atomic mass is 9.94. The van der Waals surface area contributed by atoms with E-state index in [9.17, 15) is 19.1 Å². The number of aromatic amines is 1. The number of benzene rings is 2. The number of H-pyrrole nitrogens is 1. The van der Waals surface area contributed by atoms with Gasteiger partial charge >= 0.3 is 0 Å². The fraction of sp³-hybridized carbons (Fsp3) is 0.394. The summed E-state index contributed by atoms with van der Waals surface area (Å²) in [4.78, 5) is 29.4. The molecule has 9 nitrogen and oxygen atoms in total. The van der Waals surface area contributed by atoms with Crippen LogP contribution in [0.15, 0.2) is 54.9 Å². The zero-order chi connectivity index (χ0) is 29.6. The third-order valence-electron chi connectivity index (χ3n) is 8.90. The van der Waals surface area contributed by atoms with Gasteiger partial charge in [-0.2, -0.15) is 0 Å². The number of nitrogens with one attached hydrogen (secondary N) is 2. The first kappa shape index (κ1) is 28.0. The molecule has 2 amide bonds. The number of aliphatic hydroxyl groups excluding tert-OH is 1. The Morgan fingerprint density at radius 3 is 2.65 bits per heavy atom. The number of amides is 2. The van der Waals surface area contributed by atoms with E-state index >= 15 is 0 Å². The second-order valence-corrected chi connectivity index (χ2v) is 11.5. The Labute approximate surface area is 247 Å². The summed E-state index contributed by atoms with van der Waals surface area (Å²) in [5, 5.41) is 13.2. The first-order valence-corrected chi connectivity index (χ1v) is 15.0. The van der Waals surface area contributed by atoms with Gasteiger partial charge in [-0.15, -0.1) is 0 Å². The maximum absolute atomic E-state index is 14.9. The molecule has 3 aliphatic rings. The largest absolute Gasteiger partial charge is 0.396 e. The Balaban J connectivity index is 1.18. The SMILES string of the molecule is O=C1NC(=O)C(c2c[nH]c3cccc(F)c23)=C1c1cn(CCOC(CCO)C2COC3(CCCCC3)O2)c2ccccc12. The molecule has 2 atom stereocenters. The van der Waals surface area contributed by atoms with Crippen LogP contribution in [0.3, 0.4) is 0 Å². The number of aliphatic hydroxyl groups is 1. The average molecular weight is 588 g/mol. The maximum atomic E-state index is 14.9.